The highest BCUT2D eigenvalue weighted by Gasteiger charge is 2.40. The van der Waals surface area contributed by atoms with E-state index < -0.39 is 0 Å². The fourth-order valence-electron chi connectivity index (χ4n) is 4.50. The molecule has 3 aliphatic rings. The summed E-state index contributed by atoms with van der Waals surface area (Å²) >= 11 is 0. The van der Waals surface area contributed by atoms with Gasteiger partial charge in [0.15, 0.2) is 0 Å². The van der Waals surface area contributed by atoms with Crippen molar-refractivity contribution in [3.63, 3.8) is 0 Å². The normalized spacial score (nSPS) is 21.1. The fourth-order valence-corrected chi connectivity index (χ4v) is 4.50. The Hall–Kier alpha value is -2.95. The molecule has 0 N–H and O–H groups in total. The number of hydrogen-bond donors (Lipinski definition) is 0. The molecule has 28 heavy (non-hydrogen) atoms. The fraction of sp³-hybridized carbons (Fsp3) is 0.348. The number of amides is 3. The summed E-state index contributed by atoms with van der Waals surface area (Å²) in [5.74, 6) is -0.313. The van der Waals surface area contributed by atoms with E-state index in [0.717, 1.165) is 25.7 Å². The summed E-state index contributed by atoms with van der Waals surface area (Å²) in [7, 11) is 0. The summed E-state index contributed by atoms with van der Waals surface area (Å²) in [5.41, 5.74) is 3.77. The lowest BCUT2D eigenvalue weighted by Gasteiger charge is -2.30. The van der Waals surface area contributed by atoms with Crippen molar-refractivity contribution in [3.05, 3.63) is 65.2 Å². The van der Waals surface area contributed by atoms with E-state index in [1.165, 1.54) is 16.0 Å². The molecule has 0 bridgehead atoms. The Morgan fingerprint density at radius 1 is 0.857 bits per heavy atom. The quantitative estimate of drug-likeness (QED) is 0.768. The predicted molar refractivity (Wildman–Crippen MR) is 105 cm³/mol. The number of imide groups is 1. The van der Waals surface area contributed by atoms with Crippen LogP contribution in [0.5, 0.6) is 0 Å². The van der Waals surface area contributed by atoms with E-state index in [2.05, 4.69) is 23.1 Å². The Labute approximate surface area is 163 Å². The van der Waals surface area contributed by atoms with Crippen LogP contribution in [0.4, 0.5) is 5.69 Å². The Morgan fingerprint density at radius 3 is 2.21 bits per heavy atom. The third kappa shape index (κ3) is 2.82. The smallest absolute Gasteiger partial charge is 0.254 e. The highest BCUT2D eigenvalue weighted by Crippen LogP contribution is 2.42. The minimum absolute atomic E-state index is 0.0369. The molecule has 1 saturated carbocycles. The van der Waals surface area contributed by atoms with Gasteiger partial charge < -0.3 is 4.90 Å². The van der Waals surface area contributed by atoms with Crippen LogP contribution >= 0.6 is 0 Å². The molecular weight excluding hydrogens is 352 g/mol. The van der Waals surface area contributed by atoms with Crippen LogP contribution in [-0.4, -0.2) is 28.7 Å². The van der Waals surface area contributed by atoms with Crippen LogP contribution < -0.4 is 4.90 Å². The zero-order valence-electron chi connectivity index (χ0n) is 15.6. The maximum absolute atomic E-state index is 13.4. The number of benzene rings is 2. The van der Waals surface area contributed by atoms with Crippen LogP contribution in [-0.2, 0) is 16.0 Å². The van der Waals surface area contributed by atoms with Crippen molar-refractivity contribution in [2.75, 3.05) is 4.90 Å². The van der Waals surface area contributed by atoms with Crippen LogP contribution in [0.25, 0.3) is 0 Å². The van der Waals surface area contributed by atoms with Gasteiger partial charge in [0.1, 0.15) is 0 Å². The van der Waals surface area contributed by atoms with Crippen molar-refractivity contribution in [3.8, 4) is 0 Å². The summed E-state index contributed by atoms with van der Waals surface area (Å²) < 4.78 is 0. The van der Waals surface area contributed by atoms with E-state index in [9.17, 15) is 14.4 Å². The number of fused-ring (bicyclic) bond motifs is 1. The molecule has 5 nitrogen and oxygen atoms in total. The van der Waals surface area contributed by atoms with E-state index in [-0.39, 0.29) is 36.6 Å². The zero-order valence-corrected chi connectivity index (χ0v) is 15.6. The molecule has 1 atom stereocenters. The average Bonchev–Trinajstić information content (AvgIpc) is 3.37. The van der Waals surface area contributed by atoms with E-state index in [4.69, 9.17) is 0 Å². The highest BCUT2D eigenvalue weighted by molar-refractivity contribution is 6.19. The number of carbonyl (C=O) groups excluding carboxylic acids is 3. The van der Waals surface area contributed by atoms with E-state index in [1.54, 1.807) is 24.3 Å². The predicted octanol–water partition coefficient (Wildman–Crippen LogP) is 3.63. The molecule has 0 spiro atoms. The van der Waals surface area contributed by atoms with Crippen molar-refractivity contribution in [2.45, 2.75) is 50.6 Å². The zero-order chi connectivity index (χ0) is 19.3. The Kier molecular flexibility index (Phi) is 4.04. The van der Waals surface area contributed by atoms with Gasteiger partial charge in [0.05, 0.1) is 11.7 Å². The van der Waals surface area contributed by atoms with Crippen LogP contribution in [0.2, 0.25) is 0 Å². The van der Waals surface area contributed by atoms with Crippen molar-refractivity contribution >= 4 is 23.4 Å². The molecule has 2 fully saturated rings. The van der Waals surface area contributed by atoms with E-state index >= 15 is 0 Å². The van der Waals surface area contributed by atoms with Gasteiger partial charge in [-0.2, -0.15) is 0 Å². The van der Waals surface area contributed by atoms with Crippen molar-refractivity contribution in [1.82, 2.24) is 4.90 Å². The van der Waals surface area contributed by atoms with Crippen LogP contribution in [0.15, 0.2) is 48.5 Å². The number of hydrogen-bond acceptors (Lipinski definition) is 3. The maximum Gasteiger partial charge on any atom is 0.254 e. The van der Waals surface area contributed by atoms with Gasteiger partial charge in [-0.15, -0.1) is 0 Å². The number of carbonyl (C=O) groups is 3. The molecule has 0 aromatic heterocycles. The lowest BCUT2D eigenvalue weighted by molar-refractivity contribution is -0.121. The molecule has 1 saturated heterocycles. The molecule has 1 heterocycles. The van der Waals surface area contributed by atoms with Crippen molar-refractivity contribution in [1.29, 1.82) is 0 Å². The van der Waals surface area contributed by atoms with Gasteiger partial charge in [-0.25, -0.2) is 0 Å². The molecule has 0 radical (unpaired) electrons. The monoisotopic (exact) mass is 374 g/mol. The first kappa shape index (κ1) is 17.2. The van der Waals surface area contributed by atoms with Gasteiger partial charge in [0.2, 0.25) is 11.8 Å². The second kappa shape index (κ2) is 6.59. The largest absolute Gasteiger partial charge is 0.329 e. The third-order valence-corrected chi connectivity index (χ3v) is 6.04. The maximum atomic E-state index is 13.4. The molecule has 1 aliphatic heterocycles. The lowest BCUT2D eigenvalue weighted by atomic mass is 10.0. The molecule has 3 amide bonds. The van der Waals surface area contributed by atoms with Crippen LogP contribution in [0.1, 0.15) is 59.6 Å². The molecule has 0 unspecified atom stereocenters. The molecule has 2 aromatic rings. The highest BCUT2D eigenvalue weighted by atomic mass is 16.2. The standard InChI is InChI=1S/C23H22N2O3/c26-21-13-14-22(27)25(21)18-8-5-16(6-9-18)23(28)24(17-10-11-17)20-12-7-15-3-1-2-4-19(15)20/h1-6,8-9,17,20H,7,10-14H2/t20-/m1/s1. The van der Waals surface area contributed by atoms with E-state index in [1.807, 2.05) is 6.07 Å². The summed E-state index contributed by atoms with van der Waals surface area (Å²) in [6.07, 6.45) is 4.61. The number of rotatable bonds is 4. The first-order valence-electron chi connectivity index (χ1n) is 10.00. The summed E-state index contributed by atoms with van der Waals surface area (Å²) in [4.78, 5) is 40.5. The van der Waals surface area contributed by atoms with Crippen molar-refractivity contribution < 1.29 is 14.4 Å². The van der Waals surface area contributed by atoms with Gasteiger partial charge in [-0.3, -0.25) is 19.3 Å². The summed E-state index contributed by atoms with van der Waals surface area (Å²) in [6.45, 7) is 0. The van der Waals surface area contributed by atoms with Gasteiger partial charge in [0.25, 0.3) is 5.91 Å². The molecule has 142 valence electrons. The molecule has 2 aliphatic carbocycles. The third-order valence-electron chi connectivity index (χ3n) is 6.04. The number of nitrogens with zero attached hydrogens (tertiary/aromatic N) is 2. The summed E-state index contributed by atoms with van der Waals surface area (Å²) in [5, 5.41) is 0. The second-order valence-corrected chi connectivity index (χ2v) is 7.87. The van der Waals surface area contributed by atoms with Gasteiger partial charge >= 0.3 is 0 Å². The first-order chi connectivity index (χ1) is 13.6. The van der Waals surface area contributed by atoms with Crippen LogP contribution in [0, 0.1) is 0 Å². The van der Waals surface area contributed by atoms with Gasteiger partial charge in [0, 0.05) is 24.4 Å². The molecule has 5 heteroatoms. The van der Waals surface area contributed by atoms with Crippen molar-refractivity contribution in [2.24, 2.45) is 0 Å². The average molecular weight is 374 g/mol. The topological polar surface area (TPSA) is 57.7 Å². The minimum atomic E-state index is -0.175. The number of anilines is 1. The lowest BCUT2D eigenvalue weighted by Crippen LogP contribution is -2.36. The Balaban J connectivity index is 1.42. The SMILES string of the molecule is O=C1CCC(=O)N1c1ccc(C(=O)N(C2CC2)[C@@H]2CCc3ccccc32)cc1. The van der Waals surface area contributed by atoms with Crippen LogP contribution in [0.3, 0.4) is 0 Å². The Bertz CT molecular complexity index is 946. The Morgan fingerprint density at radius 2 is 1.54 bits per heavy atom. The summed E-state index contributed by atoms with van der Waals surface area (Å²) in [6, 6.07) is 15.8. The minimum Gasteiger partial charge on any atom is -0.329 e. The van der Waals surface area contributed by atoms with Gasteiger partial charge in [-0.05, 0) is 61.1 Å². The van der Waals surface area contributed by atoms with Gasteiger partial charge in [-0.1, -0.05) is 24.3 Å². The molecule has 2 aromatic carbocycles. The molecular formula is C23H22N2O3. The second-order valence-electron chi connectivity index (χ2n) is 7.87. The first-order valence-corrected chi connectivity index (χ1v) is 10.00. The van der Waals surface area contributed by atoms with E-state index in [0.29, 0.717) is 17.3 Å². The number of aryl methyl sites for hydroxylation is 1. The molecule has 5 rings (SSSR count).